The highest BCUT2D eigenvalue weighted by atomic mass is 16.2. The molecule has 2 aliphatic rings. The molecule has 0 aromatic carbocycles. The van der Waals surface area contributed by atoms with Crippen molar-refractivity contribution in [1.29, 1.82) is 0 Å². The maximum atomic E-state index is 12.0. The summed E-state index contributed by atoms with van der Waals surface area (Å²) in [5.74, 6) is 0.235. The SMILES string of the molecule is CC(N)CC(=O)N1CCCN(C2CCCC2)CC1. The van der Waals surface area contributed by atoms with E-state index in [0.29, 0.717) is 6.42 Å². The predicted octanol–water partition coefficient (Wildman–Crippen LogP) is 1.20. The first-order valence-electron chi connectivity index (χ1n) is 7.44. The molecule has 18 heavy (non-hydrogen) atoms. The second kappa shape index (κ2) is 6.53. The largest absolute Gasteiger partial charge is 0.341 e. The number of carbonyl (C=O) groups excluding carboxylic acids is 1. The van der Waals surface area contributed by atoms with Crippen molar-refractivity contribution >= 4 is 5.91 Å². The monoisotopic (exact) mass is 253 g/mol. The van der Waals surface area contributed by atoms with Crippen LogP contribution >= 0.6 is 0 Å². The van der Waals surface area contributed by atoms with Gasteiger partial charge in [-0.25, -0.2) is 0 Å². The van der Waals surface area contributed by atoms with Gasteiger partial charge in [-0.05, 0) is 26.2 Å². The second-order valence-electron chi connectivity index (χ2n) is 5.89. The van der Waals surface area contributed by atoms with Gasteiger partial charge in [0.2, 0.25) is 5.91 Å². The van der Waals surface area contributed by atoms with Crippen LogP contribution in [-0.2, 0) is 4.79 Å². The van der Waals surface area contributed by atoms with E-state index in [0.717, 1.165) is 38.6 Å². The first-order valence-corrected chi connectivity index (χ1v) is 7.44. The Morgan fingerprint density at radius 2 is 1.89 bits per heavy atom. The molecule has 0 bridgehead atoms. The van der Waals surface area contributed by atoms with Gasteiger partial charge in [0.25, 0.3) is 0 Å². The molecule has 1 aliphatic heterocycles. The van der Waals surface area contributed by atoms with Crippen molar-refractivity contribution in [2.24, 2.45) is 5.73 Å². The Hall–Kier alpha value is -0.610. The van der Waals surface area contributed by atoms with Crippen molar-refractivity contribution in [3.05, 3.63) is 0 Å². The summed E-state index contributed by atoms with van der Waals surface area (Å²) in [6.45, 7) is 5.92. The molecule has 1 saturated heterocycles. The molecule has 2 fully saturated rings. The molecule has 2 rings (SSSR count). The molecule has 4 nitrogen and oxygen atoms in total. The molecule has 2 N–H and O–H groups in total. The van der Waals surface area contributed by atoms with E-state index in [9.17, 15) is 4.79 Å². The number of hydrogen-bond acceptors (Lipinski definition) is 3. The first-order chi connectivity index (χ1) is 8.66. The van der Waals surface area contributed by atoms with E-state index in [2.05, 4.69) is 4.90 Å². The molecule has 4 heteroatoms. The third kappa shape index (κ3) is 3.69. The summed E-state index contributed by atoms with van der Waals surface area (Å²) < 4.78 is 0. The van der Waals surface area contributed by atoms with Crippen molar-refractivity contribution in [3.63, 3.8) is 0 Å². The van der Waals surface area contributed by atoms with Gasteiger partial charge in [0.15, 0.2) is 0 Å². The summed E-state index contributed by atoms with van der Waals surface area (Å²) in [7, 11) is 0. The molecule has 1 atom stereocenters. The van der Waals surface area contributed by atoms with Gasteiger partial charge in [0.05, 0.1) is 0 Å². The molecule has 0 aromatic rings. The Morgan fingerprint density at radius 3 is 2.56 bits per heavy atom. The average molecular weight is 253 g/mol. The minimum atomic E-state index is -0.0216. The van der Waals surface area contributed by atoms with E-state index < -0.39 is 0 Å². The van der Waals surface area contributed by atoms with Crippen molar-refractivity contribution in [1.82, 2.24) is 9.80 Å². The lowest BCUT2D eigenvalue weighted by atomic mass is 10.2. The lowest BCUT2D eigenvalue weighted by Gasteiger charge is -2.27. The van der Waals surface area contributed by atoms with Gasteiger partial charge in [-0.3, -0.25) is 9.69 Å². The van der Waals surface area contributed by atoms with E-state index in [1.807, 2.05) is 11.8 Å². The lowest BCUT2D eigenvalue weighted by Crippen LogP contribution is -2.39. The Kier molecular flexibility index (Phi) is 5.01. The zero-order valence-corrected chi connectivity index (χ0v) is 11.6. The van der Waals surface area contributed by atoms with Crippen LogP contribution in [0.2, 0.25) is 0 Å². The van der Waals surface area contributed by atoms with Crippen LogP contribution in [0.15, 0.2) is 0 Å². The molecule has 0 aromatic heterocycles. The van der Waals surface area contributed by atoms with Crippen LogP contribution in [0.25, 0.3) is 0 Å². The fourth-order valence-corrected chi connectivity index (χ4v) is 3.23. The third-order valence-corrected chi connectivity index (χ3v) is 4.22. The number of amides is 1. The predicted molar refractivity (Wildman–Crippen MR) is 73.3 cm³/mol. The molecule has 1 amide bonds. The van der Waals surface area contributed by atoms with E-state index in [4.69, 9.17) is 5.73 Å². The van der Waals surface area contributed by atoms with Crippen molar-refractivity contribution in [2.45, 2.75) is 57.5 Å². The van der Waals surface area contributed by atoms with Crippen LogP contribution in [0, 0.1) is 0 Å². The molecule has 0 spiro atoms. The van der Waals surface area contributed by atoms with Crippen LogP contribution in [0.3, 0.4) is 0 Å². The smallest absolute Gasteiger partial charge is 0.224 e. The zero-order valence-electron chi connectivity index (χ0n) is 11.6. The quantitative estimate of drug-likeness (QED) is 0.822. The summed E-state index contributed by atoms with van der Waals surface area (Å²) in [5.41, 5.74) is 5.71. The highest BCUT2D eigenvalue weighted by Gasteiger charge is 2.26. The van der Waals surface area contributed by atoms with Gasteiger partial charge in [-0.1, -0.05) is 12.8 Å². The second-order valence-corrected chi connectivity index (χ2v) is 5.89. The molecule has 1 unspecified atom stereocenters. The number of nitrogens with zero attached hydrogens (tertiary/aromatic N) is 2. The number of hydrogen-bond donors (Lipinski definition) is 1. The number of carbonyl (C=O) groups is 1. The molecule has 0 radical (unpaired) electrons. The van der Waals surface area contributed by atoms with Crippen LogP contribution in [-0.4, -0.2) is 54.0 Å². The van der Waals surface area contributed by atoms with Gasteiger partial charge < -0.3 is 10.6 Å². The third-order valence-electron chi connectivity index (χ3n) is 4.22. The van der Waals surface area contributed by atoms with Crippen LogP contribution in [0.1, 0.15) is 45.4 Å². The van der Waals surface area contributed by atoms with E-state index in [1.54, 1.807) is 0 Å². The van der Waals surface area contributed by atoms with Crippen molar-refractivity contribution in [2.75, 3.05) is 26.2 Å². The van der Waals surface area contributed by atoms with Gasteiger partial charge in [-0.2, -0.15) is 0 Å². The summed E-state index contributed by atoms with van der Waals surface area (Å²) in [5, 5.41) is 0. The van der Waals surface area contributed by atoms with Crippen molar-refractivity contribution in [3.8, 4) is 0 Å². The normalized spacial score (nSPS) is 25.1. The molecule has 1 heterocycles. The fourth-order valence-electron chi connectivity index (χ4n) is 3.23. The van der Waals surface area contributed by atoms with E-state index >= 15 is 0 Å². The van der Waals surface area contributed by atoms with Crippen LogP contribution < -0.4 is 5.73 Å². The maximum Gasteiger partial charge on any atom is 0.224 e. The summed E-state index contributed by atoms with van der Waals surface area (Å²) in [4.78, 5) is 16.6. The summed E-state index contributed by atoms with van der Waals surface area (Å²) >= 11 is 0. The van der Waals surface area contributed by atoms with Crippen LogP contribution in [0.4, 0.5) is 0 Å². The lowest BCUT2D eigenvalue weighted by molar-refractivity contribution is -0.131. The number of rotatable bonds is 3. The van der Waals surface area contributed by atoms with Gasteiger partial charge >= 0.3 is 0 Å². The van der Waals surface area contributed by atoms with E-state index in [1.165, 1.54) is 25.7 Å². The topological polar surface area (TPSA) is 49.6 Å². The van der Waals surface area contributed by atoms with Crippen LogP contribution in [0.5, 0.6) is 0 Å². The molecule has 1 saturated carbocycles. The molecular formula is C14H27N3O. The Bertz CT molecular complexity index is 274. The molecule has 104 valence electrons. The standard InChI is InChI=1S/C14H27N3O/c1-12(15)11-14(18)17-8-4-7-16(9-10-17)13-5-2-3-6-13/h12-13H,2-11,15H2,1H3. The van der Waals surface area contributed by atoms with Gasteiger partial charge in [-0.15, -0.1) is 0 Å². The minimum absolute atomic E-state index is 0.0216. The highest BCUT2D eigenvalue weighted by molar-refractivity contribution is 5.76. The first kappa shape index (κ1) is 13.8. The molecular weight excluding hydrogens is 226 g/mol. The average Bonchev–Trinajstić information content (AvgIpc) is 2.72. The zero-order chi connectivity index (χ0) is 13.0. The highest BCUT2D eigenvalue weighted by Crippen LogP contribution is 2.24. The molecule has 1 aliphatic carbocycles. The van der Waals surface area contributed by atoms with E-state index in [-0.39, 0.29) is 11.9 Å². The maximum absolute atomic E-state index is 12.0. The Balaban J connectivity index is 1.82. The fraction of sp³-hybridized carbons (Fsp3) is 0.929. The number of nitrogens with two attached hydrogens (primary N) is 1. The summed E-state index contributed by atoms with van der Waals surface area (Å²) in [6.07, 6.45) is 7.08. The minimum Gasteiger partial charge on any atom is -0.341 e. The Morgan fingerprint density at radius 1 is 1.17 bits per heavy atom. The summed E-state index contributed by atoms with van der Waals surface area (Å²) in [6, 6.07) is 0.764. The van der Waals surface area contributed by atoms with Crippen molar-refractivity contribution < 1.29 is 4.79 Å². The Labute approximate surface area is 110 Å². The van der Waals surface area contributed by atoms with Gasteiger partial charge in [0, 0.05) is 44.7 Å². The van der Waals surface area contributed by atoms with Gasteiger partial charge in [0.1, 0.15) is 0 Å².